The molecule has 0 aromatic heterocycles. The second kappa shape index (κ2) is 7.49. The smallest absolute Gasteiger partial charge is 0.315 e. The maximum Gasteiger partial charge on any atom is 0.315 e. The summed E-state index contributed by atoms with van der Waals surface area (Å²) in [4.78, 5) is 11.5. The van der Waals surface area contributed by atoms with E-state index < -0.39 is 0 Å². The lowest BCUT2D eigenvalue weighted by molar-refractivity contribution is 0.231. The predicted octanol–water partition coefficient (Wildman–Crippen LogP) is 1.62. The van der Waals surface area contributed by atoms with Crippen molar-refractivity contribution in [1.29, 1.82) is 0 Å². The number of urea groups is 1. The van der Waals surface area contributed by atoms with Crippen LogP contribution < -0.4 is 16.0 Å². The van der Waals surface area contributed by atoms with Gasteiger partial charge in [-0.25, -0.2) is 4.79 Å². The van der Waals surface area contributed by atoms with Crippen molar-refractivity contribution in [1.82, 2.24) is 16.0 Å². The lowest BCUT2D eigenvalue weighted by Gasteiger charge is -2.29. The Morgan fingerprint density at radius 2 is 2.31 bits per heavy atom. The monoisotopic (exact) mass is 227 g/mol. The fourth-order valence-electron chi connectivity index (χ4n) is 2.04. The van der Waals surface area contributed by atoms with E-state index in [9.17, 15) is 4.79 Å². The minimum absolute atomic E-state index is 0.0340. The highest BCUT2D eigenvalue weighted by atomic mass is 16.2. The fourth-order valence-corrected chi connectivity index (χ4v) is 2.04. The summed E-state index contributed by atoms with van der Waals surface area (Å²) >= 11 is 0. The SMILES string of the molecule is CCCCNC(=O)NC(C)C1CCCCN1. The van der Waals surface area contributed by atoms with Crippen molar-refractivity contribution in [2.75, 3.05) is 13.1 Å². The van der Waals surface area contributed by atoms with Crippen molar-refractivity contribution in [3.63, 3.8) is 0 Å². The summed E-state index contributed by atoms with van der Waals surface area (Å²) in [6.07, 6.45) is 5.84. The van der Waals surface area contributed by atoms with Gasteiger partial charge in [-0.3, -0.25) is 0 Å². The second-order valence-corrected chi connectivity index (χ2v) is 4.60. The summed E-state index contributed by atoms with van der Waals surface area (Å²) < 4.78 is 0. The van der Waals surface area contributed by atoms with E-state index in [1.165, 1.54) is 12.8 Å². The van der Waals surface area contributed by atoms with Crippen LogP contribution in [-0.4, -0.2) is 31.2 Å². The fraction of sp³-hybridized carbons (Fsp3) is 0.917. The van der Waals surface area contributed by atoms with Crippen LogP contribution in [0.2, 0.25) is 0 Å². The molecule has 2 atom stereocenters. The molecule has 94 valence electrons. The van der Waals surface area contributed by atoms with Gasteiger partial charge in [0.05, 0.1) is 0 Å². The van der Waals surface area contributed by atoms with Crippen LogP contribution in [0.5, 0.6) is 0 Å². The van der Waals surface area contributed by atoms with Crippen molar-refractivity contribution in [3.05, 3.63) is 0 Å². The van der Waals surface area contributed by atoms with Gasteiger partial charge in [0.25, 0.3) is 0 Å². The highest BCUT2D eigenvalue weighted by molar-refractivity contribution is 5.74. The first kappa shape index (κ1) is 13.3. The van der Waals surface area contributed by atoms with E-state index in [-0.39, 0.29) is 12.1 Å². The Bertz CT molecular complexity index is 202. The highest BCUT2D eigenvalue weighted by Crippen LogP contribution is 2.09. The molecule has 0 spiro atoms. The molecule has 0 aliphatic carbocycles. The van der Waals surface area contributed by atoms with Gasteiger partial charge in [-0.2, -0.15) is 0 Å². The zero-order chi connectivity index (χ0) is 11.8. The zero-order valence-corrected chi connectivity index (χ0v) is 10.5. The summed E-state index contributed by atoms with van der Waals surface area (Å²) in [5.74, 6) is 0. The summed E-state index contributed by atoms with van der Waals surface area (Å²) in [5, 5.41) is 9.32. The Kier molecular flexibility index (Phi) is 6.23. The van der Waals surface area contributed by atoms with Crippen LogP contribution >= 0.6 is 0 Å². The number of hydrogen-bond donors (Lipinski definition) is 3. The maximum atomic E-state index is 11.5. The maximum absolute atomic E-state index is 11.5. The van der Waals surface area contributed by atoms with Gasteiger partial charge in [-0.1, -0.05) is 19.8 Å². The molecule has 3 N–H and O–H groups in total. The number of nitrogens with one attached hydrogen (secondary N) is 3. The Morgan fingerprint density at radius 1 is 1.50 bits per heavy atom. The average molecular weight is 227 g/mol. The molecule has 0 saturated carbocycles. The lowest BCUT2D eigenvalue weighted by Crippen LogP contribution is -2.52. The van der Waals surface area contributed by atoms with Crippen LogP contribution in [0.3, 0.4) is 0 Å². The van der Waals surface area contributed by atoms with Crippen LogP contribution in [0.15, 0.2) is 0 Å². The van der Waals surface area contributed by atoms with Crippen molar-refractivity contribution >= 4 is 6.03 Å². The molecule has 1 heterocycles. The van der Waals surface area contributed by atoms with Crippen LogP contribution in [0.4, 0.5) is 4.79 Å². The van der Waals surface area contributed by atoms with E-state index in [2.05, 4.69) is 29.8 Å². The number of rotatable bonds is 5. The summed E-state index contributed by atoms with van der Waals surface area (Å²) in [7, 11) is 0. The number of unbranched alkanes of at least 4 members (excludes halogenated alkanes) is 1. The van der Waals surface area contributed by atoms with E-state index in [1.54, 1.807) is 0 Å². The first-order chi connectivity index (χ1) is 7.74. The third kappa shape index (κ3) is 4.84. The van der Waals surface area contributed by atoms with E-state index in [4.69, 9.17) is 0 Å². The van der Waals surface area contributed by atoms with Crippen molar-refractivity contribution in [2.45, 2.75) is 58.0 Å². The summed E-state index contributed by atoms with van der Waals surface area (Å²) in [6.45, 7) is 6.04. The van der Waals surface area contributed by atoms with Gasteiger partial charge in [-0.15, -0.1) is 0 Å². The number of carbonyl (C=O) groups excluding carboxylic acids is 1. The third-order valence-corrected chi connectivity index (χ3v) is 3.13. The van der Waals surface area contributed by atoms with Gasteiger partial charge in [0.1, 0.15) is 0 Å². The third-order valence-electron chi connectivity index (χ3n) is 3.13. The summed E-state index contributed by atoms with van der Waals surface area (Å²) in [6, 6.07) is 0.612. The zero-order valence-electron chi connectivity index (χ0n) is 10.5. The molecule has 2 amide bonds. The molecule has 1 aliphatic heterocycles. The molecular weight excluding hydrogens is 202 g/mol. The molecule has 16 heavy (non-hydrogen) atoms. The summed E-state index contributed by atoms with van der Waals surface area (Å²) in [5.41, 5.74) is 0. The van der Waals surface area contributed by atoms with Gasteiger partial charge < -0.3 is 16.0 Å². The van der Waals surface area contributed by atoms with E-state index in [1.807, 2.05) is 0 Å². The molecule has 2 unspecified atom stereocenters. The normalized spacial score (nSPS) is 22.5. The minimum Gasteiger partial charge on any atom is -0.338 e. The van der Waals surface area contributed by atoms with Crippen LogP contribution in [-0.2, 0) is 0 Å². The van der Waals surface area contributed by atoms with Crippen molar-refractivity contribution in [3.8, 4) is 0 Å². The molecule has 0 aromatic rings. The van der Waals surface area contributed by atoms with Crippen LogP contribution in [0, 0.1) is 0 Å². The topological polar surface area (TPSA) is 53.2 Å². The highest BCUT2D eigenvalue weighted by Gasteiger charge is 2.20. The van der Waals surface area contributed by atoms with Crippen LogP contribution in [0.25, 0.3) is 0 Å². The molecule has 4 nitrogen and oxygen atoms in total. The first-order valence-electron chi connectivity index (χ1n) is 6.51. The number of amides is 2. The first-order valence-corrected chi connectivity index (χ1v) is 6.51. The number of piperidine rings is 1. The predicted molar refractivity (Wildman–Crippen MR) is 66.5 cm³/mol. The van der Waals surface area contributed by atoms with E-state index in [0.29, 0.717) is 6.04 Å². The lowest BCUT2D eigenvalue weighted by atomic mass is 9.99. The molecule has 0 aromatic carbocycles. The Labute approximate surface area is 98.6 Å². The molecule has 1 rings (SSSR count). The number of carbonyl (C=O) groups is 1. The Balaban J connectivity index is 2.16. The van der Waals surface area contributed by atoms with Crippen molar-refractivity contribution in [2.24, 2.45) is 0 Å². The standard InChI is InChI=1S/C12H25N3O/c1-3-4-8-14-12(16)15-10(2)11-7-5-6-9-13-11/h10-11,13H,3-9H2,1-2H3,(H2,14,15,16). The number of hydrogen-bond acceptors (Lipinski definition) is 2. The second-order valence-electron chi connectivity index (χ2n) is 4.60. The molecule has 1 fully saturated rings. The van der Waals surface area contributed by atoms with Gasteiger partial charge in [0.2, 0.25) is 0 Å². The molecule has 4 heteroatoms. The van der Waals surface area contributed by atoms with Gasteiger partial charge in [-0.05, 0) is 32.7 Å². The van der Waals surface area contributed by atoms with Crippen LogP contribution in [0.1, 0.15) is 46.0 Å². The quantitative estimate of drug-likeness (QED) is 0.625. The molecule has 0 bridgehead atoms. The Morgan fingerprint density at radius 3 is 2.94 bits per heavy atom. The van der Waals surface area contributed by atoms with Gasteiger partial charge in [0.15, 0.2) is 0 Å². The average Bonchev–Trinajstić information content (AvgIpc) is 2.30. The Hall–Kier alpha value is -0.770. The van der Waals surface area contributed by atoms with Crippen molar-refractivity contribution < 1.29 is 4.79 Å². The molecule has 0 radical (unpaired) electrons. The van der Waals surface area contributed by atoms with E-state index >= 15 is 0 Å². The molecule has 1 aliphatic rings. The molecular formula is C12H25N3O. The van der Waals surface area contributed by atoms with E-state index in [0.717, 1.165) is 32.4 Å². The minimum atomic E-state index is -0.0340. The van der Waals surface area contributed by atoms with Gasteiger partial charge in [0, 0.05) is 18.6 Å². The molecule has 1 saturated heterocycles. The van der Waals surface area contributed by atoms with Gasteiger partial charge >= 0.3 is 6.03 Å². The largest absolute Gasteiger partial charge is 0.338 e.